The summed E-state index contributed by atoms with van der Waals surface area (Å²) < 4.78 is 55.1. The Bertz CT molecular complexity index is 788. The summed E-state index contributed by atoms with van der Waals surface area (Å²) in [4.78, 5) is 2.07. The molecule has 0 saturated carbocycles. The van der Waals surface area contributed by atoms with E-state index in [1.165, 1.54) is 30.3 Å². The van der Waals surface area contributed by atoms with Crippen molar-refractivity contribution >= 4 is 0 Å². The van der Waals surface area contributed by atoms with E-state index in [1.54, 1.807) is 13.0 Å². The van der Waals surface area contributed by atoms with Crippen LogP contribution < -0.4 is 10.1 Å². The number of nitrogens with zero attached hydrogens (tertiary/aromatic N) is 1. The van der Waals surface area contributed by atoms with Gasteiger partial charge in [-0.05, 0) is 36.2 Å². The molecule has 2 N–H and O–H groups in total. The first-order valence-corrected chi connectivity index (χ1v) is 8.54. The van der Waals surface area contributed by atoms with Crippen molar-refractivity contribution in [3.05, 3.63) is 58.9 Å². The van der Waals surface area contributed by atoms with Gasteiger partial charge >= 0.3 is 6.36 Å². The number of hydrogen-bond acceptors (Lipinski definition) is 4. The monoisotopic (exact) mass is 384 g/mol. The van der Waals surface area contributed by atoms with E-state index in [1.807, 2.05) is 0 Å². The molecule has 8 heteroatoms. The van der Waals surface area contributed by atoms with Crippen molar-refractivity contribution in [3.8, 4) is 11.5 Å². The topological polar surface area (TPSA) is 44.7 Å². The van der Waals surface area contributed by atoms with Crippen molar-refractivity contribution in [2.24, 2.45) is 0 Å². The molecule has 1 aliphatic rings. The highest BCUT2D eigenvalue weighted by Gasteiger charge is 2.32. The summed E-state index contributed by atoms with van der Waals surface area (Å²) in [5.41, 5.74) is 1.77. The Kier molecular flexibility index (Phi) is 5.57. The van der Waals surface area contributed by atoms with E-state index < -0.39 is 24.0 Å². The Hall–Kier alpha value is -2.32. The molecule has 0 unspecified atom stereocenters. The lowest BCUT2D eigenvalue weighted by Crippen LogP contribution is -2.45. The fourth-order valence-corrected chi connectivity index (χ4v) is 3.38. The van der Waals surface area contributed by atoms with Gasteiger partial charge in [0.2, 0.25) is 0 Å². The first-order chi connectivity index (χ1) is 12.8. The number of ether oxygens (including phenoxy) is 1. The molecule has 1 heterocycles. The molecule has 0 bridgehead atoms. The van der Waals surface area contributed by atoms with E-state index >= 15 is 0 Å². The highest BCUT2D eigenvalue weighted by Crippen LogP contribution is 2.38. The Morgan fingerprint density at radius 2 is 1.70 bits per heavy atom. The summed E-state index contributed by atoms with van der Waals surface area (Å²) in [7, 11) is 0. The van der Waals surface area contributed by atoms with Gasteiger partial charge in [0.25, 0.3) is 0 Å². The zero-order chi connectivity index (χ0) is 19.6. The Morgan fingerprint density at radius 1 is 1.07 bits per heavy atom. The lowest BCUT2D eigenvalue weighted by molar-refractivity contribution is -0.274. The zero-order valence-corrected chi connectivity index (χ0v) is 14.7. The molecule has 0 radical (unpaired) electrons. The third-order valence-electron chi connectivity index (χ3n) is 4.61. The minimum absolute atomic E-state index is 0.328. The second-order valence-electron chi connectivity index (χ2n) is 6.43. The highest BCUT2D eigenvalue weighted by atomic mass is 19.4. The third-order valence-corrected chi connectivity index (χ3v) is 4.61. The average Bonchev–Trinajstić information content (AvgIpc) is 2.62. The minimum Gasteiger partial charge on any atom is -0.505 e. The standard InChI is InChI=1S/C19H20F4N2O2/c1-12-2-7-15(20)18(26)16(12)17(25-10-8-24-9-11-25)13-3-5-14(6-4-13)27-19(21,22)23/h2-7,17,24,26H,8-11H2,1H3/t17-/m0/s1. The summed E-state index contributed by atoms with van der Waals surface area (Å²) in [6, 6.07) is 7.77. The average molecular weight is 384 g/mol. The van der Waals surface area contributed by atoms with E-state index in [4.69, 9.17) is 0 Å². The Labute approximate surface area is 154 Å². The van der Waals surface area contributed by atoms with E-state index in [-0.39, 0.29) is 5.75 Å². The molecular weight excluding hydrogens is 364 g/mol. The van der Waals surface area contributed by atoms with Crippen LogP contribution in [-0.4, -0.2) is 42.5 Å². The van der Waals surface area contributed by atoms with Crippen molar-refractivity contribution in [1.82, 2.24) is 10.2 Å². The van der Waals surface area contributed by atoms with Gasteiger partial charge < -0.3 is 15.2 Å². The number of piperazine rings is 1. The van der Waals surface area contributed by atoms with Gasteiger partial charge in [-0.15, -0.1) is 13.2 Å². The Balaban J connectivity index is 2.02. The first-order valence-electron chi connectivity index (χ1n) is 8.54. The van der Waals surface area contributed by atoms with Crippen molar-refractivity contribution in [2.75, 3.05) is 26.2 Å². The largest absolute Gasteiger partial charge is 0.573 e. The SMILES string of the molecule is Cc1ccc(F)c(O)c1[C@H](c1ccc(OC(F)(F)F)cc1)N1CCNCC1. The minimum atomic E-state index is -4.77. The molecule has 146 valence electrons. The van der Waals surface area contributed by atoms with E-state index in [9.17, 15) is 22.7 Å². The summed E-state index contributed by atoms with van der Waals surface area (Å²) in [6.07, 6.45) is -4.77. The van der Waals surface area contributed by atoms with Crippen LogP contribution in [0, 0.1) is 12.7 Å². The van der Waals surface area contributed by atoms with Gasteiger partial charge in [-0.1, -0.05) is 18.2 Å². The zero-order valence-electron chi connectivity index (χ0n) is 14.7. The number of benzene rings is 2. The fourth-order valence-electron chi connectivity index (χ4n) is 3.38. The number of aromatic hydroxyl groups is 1. The smallest absolute Gasteiger partial charge is 0.505 e. The van der Waals surface area contributed by atoms with Crippen LogP contribution >= 0.6 is 0 Å². The Morgan fingerprint density at radius 3 is 2.30 bits per heavy atom. The third kappa shape index (κ3) is 4.51. The molecule has 27 heavy (non-hydrogen) atoms. The van der Waals surface area contributed by atoms with Crippen molar-refractivity contribution in [2.45, 2.75) is 19.3 Å². The molecule has 1 aliphatic heterocycles. The van der Waals surface area contributed by atoms with Crippen molar-refractivity contribution < 1.29 is 27.4 Å². The van der Waals surface area contributed by atoms with Crippen LogP contribution in [0.1, 0.15) is 22.7 Å². The molecule has 0 spiro atoms. The number of aryl methyl sites for hydroxylation is 1. The van der Waals surface area contributed by atoms with Gasteiger partial charge in [-0.2, -0.15) is 0 Å². The van der Waals surface area contributed by atoms with Gasteiger partial charge in [0.15, 0.2) is 11.6 Å². The van der Waals surface area contributed by atoms with Gasteiger partial charge in [-0.25, -0.2) is 4.39 Å². The maximum Gasteiger partial charge on any atom is 0.573 e. The summed E-state index contributed by atoms with van der Waals surface area (Å²) in [5.74, 6) is -1.49. The molecule has 0 aromatic heterocycles. The van der Waals surface area contributed by atoms with Gasteiger partial charge in [-0.3, -0.25) is 4.90 Å². The summed E-state index contributed by atoms with van der Waals surface area (Å²) in [5, 5.41) is 13.6. The first kappa shape index (κ1) is 19.4. The highest BCUT2D eigenvalue weighted by molar-refractivity contribution is 5.47. The van der Waals surface area contributed by atoms with Crippen molar-refractivity contribution in [1.29, 1.82) is 0 Å². The number of phenolic OH excluding ortho intramolecular Hbond substituents is 1. The second-order valence-corrected chi connectivity index (χ2v) is 6.43. The normalized spacial score (nSPS) is 16.9. The lowest BCUT2D eigenvalue weighted by atomic mass is 9.92. The maximum absolute atomic E-state index is 14.0. The number of alkyl halides is 3. The van der Waals surface area contributed by atoms with Crippen molar-refractivity contribution in [3.63, 3.8) is 0 Å². The van der Waals surface area contributed by atoms with Gasteiger partial charge in [0.05, 0.1) is 6.04 Å². The van der Waals surface area contributed by atoms with E-state index in [2.05, 4.69) is 15.0 Å². The lowest BCUT2D eigenvalue weighted by Gasteiger charge is -2.36. The molecule has 1 atom stereocenters. The number of rotatable bonds is 4. The molecule has 3 rings (SSSR count). The summed E-state index contributed by atoms with van der Waals surface area (Å²) >= 11 is 0. The number of nitrogens with one attached hydrogen (secondary N) is 1. The molecule has 0 aliphatic carbocycles. The molecular formula is C19H20F4N2O2. The predicted octanol–water partition coefficient (Wildman–Crippen LogP) is 3.73. The molecule has 4 nitrogen and oxygen atoms in total. The van der Waals surface area contributed by atoms with Crippen LogP contribution in [0.2, 0.25) is 0 Å². The van der Waals surface area contributed by atoms with Crippen LogP contribution in [0.5, 0.6) is 11.5 Å². The fraction of sp³-hybridized carbons (Fsp3) is 0.368. The summed E-state index contributed by atoms with van der Waals surface area (Å²) in [6.45, 7) is 4.52. The van der Waals surface area contributed by atoms with Crippen LogP contribution in [0.25, 0.3) is 0 Å². The van der Waals surface area contributed by atoms with Gasteiger partial charge in [0.1, 0.15) is 5.75 Å². The molecule has 1 saturated heterocycles. The predicted molar refractivity (Wildman–Crippen MR) is 92.2 cm³/mol. The van der Waals surface area contributed by atoms with E-state index in [0.717, 1.165) is 13.1 Å². The number of phenols is 1. The van der Waals surface area contributed by atoms with Crippen LogP contribution in [0.4, 0.5) is 17.6 Å². The molecule has 2 aromatic carbocycles. The molecule has 2 aromatic rings. The van der Waals surface area contributed by atoms with E-state index in [0.29, 0.717) is 29.8 Å². The van der Waals surface area contributed by atoms with Gasteiger partial charge in [0, 0.05) is 31.7 Å². The molecule has 1 fully saturated rings. The van der Waals surface area contributed by atoms with Crippen LogP contribution in [0.15, 0.2) is 36.4 Å². The second kappa shape index (κ2) is 7.74. The number of hydrogen-bond donors (Lipinski definition) is 2. The van der Waals surface area contributed by atoms with Crippen LogP contribution in [-0.2, 0) is 0 Å². The maximum atomic E-state index is 14.0. The molecule has 0 amide bonds. The van der Waals surface area contributed by atoms with Crippen LogP contribution in [0.3, 0.4) is 0 Å². The quantitative estimate of drug-likeness (QED) is 0.789. The number of halogens is 4.